The highest BCUT2D eigenvalue weighted by Gasteiger charge is 2.08. The number of hydrazine groups is 1. The Balaban J connectivity index is 2.58. The van der Waals surface area contributed by atoms with Crippen LogP contribution in [0.1, 0.15) is 10.5 Å². The normalized spacial score (nSPS) is 10.9. The molecular formula is C9H14N4O3S. The Kier molecular flexibility index (Phi) is 4.41. The molecule has 4 N–H and O–H groups in total. The summed E-state index contributed by atoms with van der Waals surface area (Å²) in [7, 11) is -3.08. The van der Waals surface area contributed by atoms with Crippen molar-refractivity contribution in [3.05, 3.63) is 24.0 Å². The van der Waals surface area contributed by atoms with Crippen molar-refractivity contribution in [2.24, 2.45) is 5.84 Å². The van der Waals surface area contributed by atoms with E-state index in [-0.39, 0.29) is 18.0 Å². The van der Waals surface area contributed by atoms with E-state index in [2.05, 4.69) is 15.7 Å². The summed E-state index contributed by atoms with van der Waals surface area (Å²) in [5, 5.41) is 2.46. The molecule has 17 heavy (non-hydrogen) atoms. The van der Waals surface area contributed by atoms with Crippen LogP contribution >= 0.6 is 0 Å². The van der Waals surface area contributed by atoms with E-state index in [1.165, 1.54) is 12.3 Å². The lowest BCUT2D eigenvalue weighted by molar-refractivity contribution is 0.0951. The number of carbonyl (C=O) groups excluding carboxylic acids is 1. The lowest BCUT2D eigenvalue weighted by Crippen LogP contribution is -2.29. The fourth-order valence-corrected chi connectivity index (χ4v) is 1.56. The molecule has 0 spiro atoms. The van der Waals surface area contributed by atoms with E-state index in [4.69, 9.17) is 5.84 Å². The van der Waals surface area contributed by atoms with E-state index in [0.717, 1.165) is 6.26 Å². The zero-order valence-electron chi connectivity index (χ0n) is 9.30. The van der Waals surface area contributed by atoms with Crippen molar-refractivity contribution in [1.29, 1.82) is 0 Å². The SMILES string of the molecule is CS(=O)(=O)CCNC(=O)c1cc(NN)ccn1. The Morgan fingerprint density at radius 2 is 2.24 bits per heavy atom. The first-order chi connectivity index (χ1) is 7.92. The lowest BCUT2D eigenvalue weighted by atomic mass is 10.3. The summed E-state index contributed by atoms with van der Waals surface area (Å²) < 4.78 is 21.7. The van der Waals surface area contributed by atoms with Crippen LogP contribution < -0.4 is 16.6 Å². The smallest absolute Gasteiger partial charge is 0.269 e. The molecule has 1 aromatic rings. The number of nitrogens with two attached hydrogens (primary N) is 1. The fraction of sp³-hybridized carbons (Fsp3) is 0.333. The van der Waals surface area contributed by atoms with Crippen LogP contribution in [0.5, 0.6) is 0 Å². The molecule has 0 aliphatic rings. The summed E-state index contributed by atoms with van der Waals surface area (Å²) in [6.45, 7) is 0.0552. The number of nitrogen functional groups attached to an aromatic ring is 1. The van der Waals surface area contributed by atoms with Crippen LogP contribution in [0.2, 0.25) is 0 Å². The van der Waals surface area contributed by atoms with Crippen molar-refractivity contribution in [3.8, 4) is 0 Å². The summed E-state index contributed by atoms with van der Waals surface area (Å²) in [4.78, 5) is 15.4. The van der Waals surface area contributed by atoms with Crippen molar-refractivity contribution in [1.82, 2.24) is 10.3 Å². The highest BCUT2D eigenvalue weighted by molar-refractivity contribution is 7.90. The maximum absolute atomic E-state index is 11.6. The lowest BCUT2D eigenvalue weighted by Gasteiger charge is -2.05. The Bertz CT molecular complexity index is 501. The molecule has 7 nitrogen and oxygen atoms in total. The van der Waals surface area contributed by atoms with Crippen molar-refractivity contribution in [3.63, 3.8) is 0 Å². The molecule has 1 amide bonds. The third-order valence-electron chi connectivity index (χ3n) is 1.92. The van der Waals surface area contributed by atoms with Gasteiger partial charge in [-0.05, 0) is 12.1 Å². The van der Waals surface area contributed by atoms with E-state index in [1.54, 1.807) is 6.07 Å². The third kappa shape index (κ3) is 4.79. The molecule has 0 atom stereocenters. The van der Waals surface area contributed by atoms with Gasteiger partial charge in [-0.3, -0.25) is 15.6 Å². The first-order valence-corrected chi connectivity index (χ1v) is 6.87. The predicted molar refractivity (Wildman–Crippen MR) is 64.1 cm³/mol. The van der Waals surface area contributed by atoms with E-state index in [0.29, 0.717) is 5.69 Å². The number of aromatic nitrogens is 1. The summed E-state index contributed by atoms with van der Waals surface area (Å²) in [6.07, 6.45) is 2.54. The Hall–Kier alpha value is -1.67. The number of pyridine rings is 1. The molecule has 0 saturated carbocycles. The second kappa shape index (κ2) is 5.60. The van der Waals surface area contributed by atoms with Crippen molar-refractivity contribution >= 4 is 21.4 Å². The van der Waals surface area contributed by atoms with E-state index < -0.39 is 15.7 Å². The maximum atomic E-state index is 11.6. The van der Waals surface area contributed by atoms with Crippen LogP contribution in [0, 0.1) is 0 Å². The van der Waals surface area contributed by atoms with E-state index in [9.17, 15) is 13.2 Å². The second-order valence-corrected chi connectivity index (χ2v) is 5.72. The molecule has 1 heterocycles. The number of hydrogen-bond donors (Lipinski definition) is 3. The quantitative estimate of drug-likeness (QED) is 0.468. The topological polar surface area (TPSA) is 114 Å². The minimum atomic E-state index is -3.08. The van der Waals surface area contributed by atoms with Gasteiger partial charge in [-0.2, -0.15) is 0 Å². The zero-order chi connectivity index (χ0) is 12.9. The maximum Gasteiger partial charge on any atom is 0.269 e. The van der Waals surface area contributed by atoms with Crippen LogP contribution in [0.25, 0.3) is 0 Å². The number of amides is 1. The zero-order valence-corrected chi connectivity index (χ0v) is 10.1. The molecule has 1 aromatic heterocycles. The van der Waals surface area contributed by atoms with Crippen LogP contribution in [0.3, 0.4) is 0 Å². The minimum Gasteiger partial charge on any atom is -0.350 e. The van der Waals surface area contributed by atoms with Crippen LogP contribution in [0.15, 0.2) is 18.3 Å². The molecule has 0 aromatic carbocycles. The molecule has 94 valence electrons. The summed E-state index contributed by atoms with van der Waals surface area (Å²) >= 11 is 0. The largest absolute Gasteiger partial charge is 0.350 e. The molecule has 0 saturated heterocycles. The van der Waals surface area contributed by atoms with Gasteiger partial charge < -0.3 is 10.7 Å². The number of hydrogen-bond acceptors (Lipinski definition) is 6. The number of nitrogens with zero attached hydrogens (tertiary/aromatic N) is 1. The van der Waals surface area contributed by atoms with Gasteiger partial charge in [0.1, 0.15) is 15.5 Å². The number of anilines is 1. The summed E-state index contributed by atoms with van der Waals surface area (Å²) in [6, 6.07) is 3.07. The molecule has 0 radical (unpaired) electrons. The van der Waals surface area contributed by atoms with E-state index >= 15 is 0 Å². The Labute approximate surface area is 99.3 Å². The highest BCUT2D eigenvalue weighted by Crippen LogP contribution is 2.05. The molecule has 0 unspecified atom stereocenters. The molecule has 0 bridgehead atoms. The molecule has 0 aliphatic carbocycles. The Morgan fingerprint density at radius 3 is 2.82 bits per heavy atom. The highest BCUT2D eigenvalue weighted by atomic mass is 32.2. The molecule has 8 heteroatoms. The number of carbonyl (C=O) groups is 1. The third-order valence-corrected chi connectivity index (χ3v) is 2.86. The van der Waals surface area contributed by atoms with Crippen molar-refractivity contribution in [2.45, 2.75) is 0 Å². The van der Waals surface area contributed by atoms with Gasteiger partial charge in [0.15, 0.2) is 0 Å². The molecular weight excluding hydrogens is 244 g/mol. The number of nitrogens with one attached hydrogen (secondary N) is 2. The van der Waals surface area contributed by atoms with Gasteiger partial charge in [0.2, 0.25) is 0 Å². The van der Waals surface area contributed by atoms with Gasteiger partial charge in [0, 0.05) is 19.0 Å². The fourth-order valence-electron chi connectivity index (χ4n) is 1.09. The Morgan fingerprint density at radius 1 is 1.53 bits per heavy atom. The van der Waals surface area contributed by atoms with E-state index in [1.807, 2.05) is 0 Å². The van der Waals surface area contributed by atoms with Crippen molar-refractivity contribution in [2.75, 3.05) is 24.0 Å². The van der Waals surface area contributed by atoms with Gasteiger partial charge in [0.05, 0.1) is 11.4 Å². The summed E-state index contributed by atoms with van der Waals surface area (Å²) in [5.74, 6) is 4.64. The van der Waals surface area contributed by atoms with Gasteiger partial charge >= 0.3 is 0 Å². The first kappa shape index (κ1) is 13.4. The molecule has 0 aliphatic heterocycles. The first-order valence-electron chi connectivity index (χ1n) is 4.81. The number of sulfone groups is 1. The van der Waals surface area contributed by atoms with Gasteiger partial charge in [-0.25, -0.2) is 8.42 Å². The second-order valence-electron chi connectivity index (χ2n) is 3.46. The number of rotatable bonds is 5. The minimum absolute atomic E-state index is 0.0552. The van der Waals surface area contributed by atoms with Gasteiger partial charge in [0.25, 0.3) is 5.91 Å². The monoisotopic (exact) mass is 258 g/mol. The van der Waals surface area contributed by atoms with Crippen LogP contribution in [-0.4, -0.2) is 37.9 Å². The van der Waals surface area contributed by atoms with Crippen LogP contribution in [-0.2, 0) is 9.84 Å². The predicted octanol–water partition coefficient (Wildman–Crippen LogP) is -0.858. The van der Waals surface area contributed by atoms with Crippen molar-refractivity contribution < 1.29 is 13.2 Å². The molecule has 0 fully saturated rings. The van der Waals surface area contributed by atoms with Gasteiger partial charge in [-0.1, -0.05) is 0 Å². The standard InChI is InChI=1S/C9H14N4O3S/c1-17(15,16)5-4-12-9(14)8-6-7(13-10)2-3-11-8/h2-3,6H,4-5,10H2,1H3,(H,11,13)(H,12,14). The average Bonchev–Trinajstić information content (AvgIpc) is 2.27. The summed E-state index contributed by atoms with van der Waals surface area (Å²) in [5.41, 5.74) is 3.11. The molecule has 1 rings (SSSR count). The van der Waals surface area contributed by atoms with Crippen LogP contribution in [0.4, 0.5) is 5.69 Å². The van der Waals surface area contributed by atoms with Gasteiger partial charge in [-0.15, -0.1) is 0 Å². The average molecular weight is 258 g/mol.